The monoisotopic (exact) mass is 270 g/mol. The second-order valence-corrected chi connectivity index (χ2v) is 4.66. The fourth-order valence-corrected chi connectivity index (χ4v) is 2.26. The largest absolute Gasteiger partial charge is 0.493 e. The Hall–Kier alpha value is -0.930. The molecule has 1 aliphatic rings. The van der Waals surface area contributed by atoms with Crippen LogP contribution in [0.4, 0.5) is 0 Å². The zero-order valence-corrected chi connectivity index (χ0v) is 11.4. The van der Waals surface area contributed by atoms with Crippen molar-refractivity contribution in [2.24, 2.45) is 0 Å². The van der Waals surface area contributed by atoms with Crippen LogP contribution in [0.15, 0.2) is 18.2 Å². The van der Waals surface area contributed by atoms with Crippen molar-refractivity contribution in [3.8, 4) is 11.5 Å². The molecule has 1 unspecified atom stereocenters. The topological polar surface area (TPSA) is 27.7 Å². The first-order valence-electron chi connectivity index (χ1n) is 6.30. The smallest absolute Gasteiger partial charge is 0.161 e. The number of hydrogen-bond donors (Lipinski definition) is 0. The number of methoxy groups -OCH3 is 1. The van der Waals surface area contributed by atoms with Gasteiger partial charge in [-0.25, -0.2) is 0 Å². The average Bonchev–Trinajstić information content (AvgIpc) is 2.92. The molecule has 1 aliphatic heterocycles. The highest BCUT2D eigenvalue weighted by Gasteiger charge is 2.15. The molecule has 1 aromatic rings. The van der Waals surface area contributed by atoms with E-state index in [1.165, 1.54) is 0 Å². The Morgan fingerprint density at radius 1 is 1.39 bits per heavy atom. The van der Waals surface area contributed by atoms with Crippen molar-refractivity contribution in [3.05, 3.63) is 23.8 Å². The van der Waals surface area contributed by atoms with Gasteiger partial charge >= 0.3 is 0 Å². The number of halogens is 1. The SMILES string of the molecule is COc1ccc(CCl)cc1OCCC1CCCO1. The van der Waals surface area contributed by atoms with Crippen LogP contribution in [0.1, 0.15) is 24.8 Å². The maximum Gasteiger partial charge on any atom is 0.161 e. The van der Waals surface area contributed by atoms with Crippen LogP contribution < -0.4 is 9.47 Å². The van der Waals surface area contributed by atoms with E-state index in [-0.39, 0.29) is 0 Å². The van der Waals surface area contributed by atoms with Gasteiger partial charge in [-0.1, -0.05) is 6.07 Å². The van der Waals surface area contributed by atoms with E-state index in [9.17, 15) is 0 Å². The van der Waals surface area contributed by atoms with Crippen molar-refractivity contribution < 1.29 is 14.2 Å². The normalized spacial score (nSPS) is 18.9. The predicted molar refractivity (Wildman–Crippen MR) is 71.6 cm³/mol. The van der Waals surface area contributed by atoms with Crippen LogP contribution in [0.2, 0.25) is 0 Å². The van der Waals surface area contributed by atoms with E-state index in [1.54, 1.807) is 7.11 Å². The second kappa shape index (κ2) is 6.86. The summed E-state index contributed by atoms with van der Waals surface area (Å²) in [6, 6.07) is 5.76. The molecule has 18 heavy (non-hydrogen) atoms. The quantitative estimate of drug-likeness (QED) is 0.742. The summed E-state index contributed by atoms with van der Waals surface area (Å²) in [6.07, 6.45) is 3.58. The Bertz CT molecular complexity index is 375. The molecule has 4 heteroatoms. The lowest BCUT2D eigenvalue weighted by atomic mass is 10.2. The zero-order valence-electron chi connectivity index (χ0n) is 10.7. The minimum Gasteiger partial charge on any atom is -0.493 e. The molecule has 2 rings (SSSR count). The minimum absolute atomic E-state index is 0.354. The van der Waals surface area contributed by atoms with E-state index in [2.05, 4.69) is 0 Å². The summed E-state index contributed by atoms with van der Waals surface area (Å²) in [5.41, 5.74) is 1.03. The molecule has 1 atom stereocenters. The number of ether oxygens (including phenoxy) is 3. The molecule has 0 saturated carbocycles. The molecule has 1 aromatic carbocycles. The molecule has 1 heterocycles. The molecule has 0 aromatic heterocycles. The molecule has 0 N–H and O–H groups in total. The van der Waals surface area contributed by atoms with Gasteiger partial charge in [-0.3, -0.25) is 0 Å². The van der Waals surface area contributed by atoms with Crippen molar-refractivity contribution in [2.75, 3.05) is 20.3 Å². The number of alkyl halides is 1. The second-order valence-electron chi connectivity index (χ2n) is 4.39. The Balaban J connectivity index is 1.89. The average molecular weight is 271 g/mol. The third-order valence-corrected chi connectivity index (χ3v) is 3.41. The van der Waals surface area contributed by atoms with E-state index in [1.807, 2.05) is 18.2 Å². The van der Waals surface area contributed by atoms with Crippen LogP contribution in [0.5, 0.6) is 11.5 Å². The zero-order chi connectivity index (χ0) is 12.8. The van der Waals surface area contributed by atoms with Crippen LogP contribution in [0.25, 0.3) is 0 Å². The van der Waals surface area contributed by atoms with Crippen molar-refractivity contribution in [3.63, 3.8) is 0 Å². The minimum atomic E-state index is 0.354. The van der Waals surface area contributed by atoms with Gasteiger partial charge in [0.25, 0.3) is 0 Å². The summed E-state index contributed by atoms with van der Waals surface area (Å²) in [5, 5.41) is 0. The number of rotatable bonds is 6. The highest BCUT2D eigenvalue weighted by Crippen LogP contribution is 2.29. The van der Waals surface area contributed by atoms with Crippen molar-refractivity contribution in [2.45, 2.75) is 31.2 Å². The Kier molecular flexibility index (Phi) is 5.14. The molecule has 0 aliphatic carbocycles. The van der Waals surface area contributed by atoms with E-state index in [0.717, 1.165) is 42.9 Å². The van der Waals surface area contributed by atoms with Gasteiger partial charge < -0.3 is 14.2 Å². The molecule has 0 radical (unpaired) electrons. The van der Waals surface area contributed by atoms with Gasteiger partial charge in [0.1, 0.15) is 0 Å². The van der Waals surface area contributed by atoms with Crippen LogP contribution in [0.3, 0.4) is 0 Å². The molecule has 1 fully saturated rings. The summed E-state index contributed by atoms with van der Waals surface area (Å²) in [7, 11) is 1.64. The van der Waals surface area contributed by atoms with Crippen LogP contribution >= 0.6 is 11.6 Å². The highest BCUT2D eigenvalue weighted by molar-refractivity contribution is 6.17. The van der Waals surface area contributed by atoms with Gasteiger partial charge in [0, 0.05) is 18.9 Å². The van der Waals surface area contributed by atoms with E-state index >= 15 is 0 Å². The van der Waals surface area contributed by atoms with E-state index in [0.29, 0.717) is 18.6 Å². The summed E-state index contributed by atoms with van der Waals surface area (Å²) in [6.45, 7) is 1.53. The first kappa shape index (κ1) is 13.5. The fourth-order valence-electron chi connectivity index (χ4n) is 2.09. The van der Waals surface area contributed by atoms with Crippen molar-refractivity contribution in [1.29, 1.82) is 0 Å². The van der Waals surface area contributed by atoms with E-state index in [4.69, 9.17) is 25.8 Å². The van der Waals surface area contributed by atoms with Crippen LogP contribution in [-0.2, 0) is 10.6 Å². The number of hydrogen-bond acceptors (Lipinski definition) is 3. The maximum absolute atomic E-state index is 5.82. The Morgan fingerprint density at radius 3 is 2.94 bits per heavy atom. The predicted octanol–water partition coefficient (Wildman–Crippen LogP) is 3.38. The van der Waals surface area contributed by atoms with Crippen molar-refractivity contribution >= 4 is 11.6 Å². The lowest BCUT2D eigenvalue weighted by Gasteiger charge is -2.13. The van der Waals surface area contributed by atoms with Gasteiger partial charge in [0.15, 0.2) is 11.5 Å². The molecule has 100 valence electrons. The van der Waals surface area contributed by atoms with Gasteiger partial charge in [-0.15, -0.1) is 11.6 Å². The molecule has 0 bridgehead atoms. The van der Waals surface area contributed by atoms with E-state index < -0.39 is 0 Å². The summed E-state index contributed by atoms with van der Waals surface area (Å²) >= 11 is 5.82. The molecule has 1 saturated heterocycles. The molecular weight excluding hydrogens is 252 g/mol. The molecule has 0 amide bonds. The molecule has 0 spiro atoms. The van der Waals surface area contributed by atoms with Crippen LogP contribution in [0, 0.1) is 0 Å². The van der Waals surface area contributed by atoms with Gasteiger partial charge in [0.2, 0.25) is 0 Å². The molecular formula is C14H19ClO3. The fraction of sp³-hybridized carbons (Fsp3) is 0.571. The first-order chi connectivity index (χ1) is 8.83. The summed E-state index contributed by atoms with van der Waals surface area (Å²) < 4.78 is 16.6. The summed E-state index contributed by atoms with van der Waals surface area (Å²) in [5.74, 6) is 1.98. The Morgan fingerprint density at radius 2 is 2.28 bits per heavy atom. The third kappa shape index (κ3) is 3.53. The first-order valence-corrected chi connectivity index (χ1v) is 6.84. The number of benzene rings is 1. The van der Waals surface area contributed by atoms with Crippen LogP contribution in [-0.4, -0.2) is 26.4 Å². The van der Waals surface area contributed by atoms with Gasteiger partial charge in [-0.2, -0.15) is 0 Å². The maximum atomic E-state index is 5.82. The third-order valence-electron chi connectivity index (χ3n) is 3.10. The lowest BCUT2D eigenvalue weighted by Crippen LogP contribution is -2.11. The highest BCUT2D eigenvalue weighted by atomic mass is 35.5. The lowest BCUT2D eigenvalue weighted by molar-refractivity contribution is 0.0899. The van der Waals surface area contributed by atoms with Crippen molar-refractivity contribution in [1.82, 2.24) is 0 Å². The molecule has 3 nitrogen and oxygen atoms in total. The Labute approximate surface area is 113 Å². The van der Waals surface area contributed by atoms with Gasteiger partial charge in [0.05, 0.1) is 19.8 Å². The summed E-state index contributed by atoms with van der Waals surface area (Å²) in [4.78, 5) is 0. The van der Waals surface area contributed by atoms with Gasteiger partial charge in [-0.05, 0) is 30.5 Å². The standard InChI is InChI=1S/C14H19ClO3/c1-16-13-5-4-11(10-15)9-14(13)18-8-6-12-3-2-7-17-12/h4-5,9,12H,2-3,6-8,10H2,1H3.